The molecular formula is C16H17N5. The third kappa shape index (κ3) is 3.10. The molecule has 0 bridgehead atoms. The molecule has 1 aromatic carbocycles. The Kier molecular flexibility index (Phi) is 4.37. The lowest BCUT2D eigenvalue weighted by molar-refractivity contribution is 0.588. The number of imidazole rings is 1. The van der Waals surface area contributed by atoms with Crippen LogP contribution in [0.4, 0.5) is 0 Å². The van der Waals surface area contributed by atoms with Crippen LogP contribution in [0.2, 0.25) is 0 Å². The SMILES string of the molecule is Cc1cc(CNC(C)C)ccc1-n1cnc(C#N)c1C#N. The Morgan fingerprint density at radius 1 is 1.29 bits per heavy atom. The van der Waals surface area contributed by atoms with E-state index in [-0.39, 0.29) is 11.4 Å². The molecule has 5 nitrogen and oxygen atoms in total. The molecule has 1 N–H and O–H groups in total. The van der Waals surface area contributed by atoms with Crippen LogP contribution in [-0.2, 0) is 6.54 Å². The van der Waals surface area contributed by atoms with Gasteiger partial charge in [-0.15, -0.1) is 0 Å². The first-order valence-corrected chi connectivity index (χ1v) is 6.77. The first-order chi connectivity index (χ1) is 10.1. The minimum Gasteiger partial charge on any atom is -0.310 e. The average molecular weight is 279 g/mol. The number of nitrogens with one attached hydrogen (secondary N) is 1. The Balaban J connectivity index is 2.36. The van der Waals surface area contributed by atoms with E-state index in [2.05, 4.69) is 30.2 Å². The monoisotopic (exact) mass is 279 g/mol. The zero-order chi connectivity index (χ0) is 15.4. The van der Waals surface area contributed by atoms with Gasteiger partial charge < -0.3 is 5.32 Å². The van der Waals surface area contributed by atoms with E-state index in [4.69, 9.17) is 5.26 Å². The maximum atomic E-state index is 9.20. The lowest BCUT2D eigenvalue weighted by atomic mass is 10.1. The highest BCUT2D eigenvalue weighted by molar-refractivity contribution is 5.49. The van der Waals surface area contributed by atoms with Crippen molar-refractivity contribution in [2.24, 2.45) is 0 Å². The summed E-state index contributed by atoms with van der Waals surface area (Å²) >= 11 is 0. The van der Waals surface area contributed by atoms with Gasteiger partial charge in [-0.1, -0.05) is 26.0 Å². The van der Waals surface area contributed by atoms with Crippen molar-refractivity contribution in [2.45, 2.75) is 33.4 Å². The predicted molar refractivity (Wildman–Crippen MR) is 79.7 cm³/mol. The van der Waals surface area contributed by atoms with Crippen LogP contribution in [0.25, 0.3) is 5.69 Å². The fourth-order valence-electron chi connectivity index (χ4n) is 2.14. The summed E-state index contributed by atoms with van der Waals surface area (Å²) in [5, 5.41) is 21.5. The molecule has 0 aliphatic heterocycles. The molecule has 0 unspecified atom stereocenters. The molecule has 5 heteroatoms. The normalized spacial score (nSPS) is 10.4. The maximum absolute atomic E-state index is 9.20. The molecule has 1 heterocycles. The number of benzene rings is 1. The van der Waals surface area contributed by atoms with E-state index in [1.165, 1.54) is 11.9 Å². The summed E-state index contributed by atoms with van der Waals surface area (Å²) in [4.78, 5) is 3.97. The van der Waals surface area contributed by atoms with Crippen LogP contribution in [0.15, 0.2) is 24.5 Å². The lowest BCUT2D eigenvalue weighted by Crippen LogP contribution is -2.21. The van der Waals surface area contributed by atoms with E-state index in [9.17, 15) is 5.26 Å². The molecule has 106 valence electrons. The molecule has 0 saturated carbocycles. The van der Waals surface area contributed by atoms with Crippen LogP contribution in [-0.4, -0.2) is 15.6 Å². The molecule has 0 aliphatic rings. The molecule has 2 aromatic rings. The largest absolute Gasteiger partial charge is 0.310 e. The fourth-order valence-corrected chi connectivity index (χ4v) is 2.14. The van der Waals surface area contributed by atoms with Gasteiger partial charge in [0.1, 0.15) is 18.5 Å². The second-order valence-electron chi connectivity index (χ2n) is 5.19. The highest BCUT2D eigenvalue weighted by Crippen LogP contribution is 2.19. The van der Waals surface area contributed by atoms with E-state index in [1.54, 1.807) is 4.57 Å². The van der Waals surface area contributed by atoms with E-state index in [0.29, 0.717) is 6.04 Å². The van der Waals surface area contributed by atoms with Crippen molar-refractivity contribution in [3.63, 3.8) is 0 Å². The molecule has 0 spiro atoms. The highest BCUT2D eigenvalue weighted by atomic mass is 15.1. The summed E-state index contributed by atoms with van der Waals surface area (Å²) < 4.78 is 1.66. The van der Waals surface area contributed by atoms with Gasteiger partial charge in [0.05, 0.1) is 5.69 Å². The fraction of sp³-hybridized carbons (Fsp3) is 0.312. The number of aryl methyl sites for hydroxylation is 1. The standard InChI is InChI=1S/C16H17N5/c1-11(2)19-9-13-4-5-15(12(3)6-13)21-10-20-14(7-17)16(21)8-18/h4-6,10-11,19H,9H2,1-3H3. The van der Waals surface area contributed by atoms with Crippen LogP contribution in [0.3, 0.4) is 0 Å². The Morgan fingerprint density at radius 3 is 2.62 bits per heavy atom. The van der Waals surface area contributed by atoms with Gasteiger partial charge in [0.2, 0.25) is 0 Å². The van der Waals surface area contributed by atoms with E-state index in [1.807, 2.05) is 31.2 Å². The second-order valence-corrected chi connectivity index (χ2v) is 5.19. The van der Waals surface area contributed by atoms with Gasteiger partial charge in [-0.25, -0.2) is 4.98 Å². The number of hydrogen-bond donors (Lipinski definition) is 1. The molecule has 21 heavy (non-hydrogen) atoms. The number of hydrogen-bond acceptors (Lipinski definition) is 4. The van der Waals surface area contributed by atoms with Gasteiger partial charge in [-0.3, -0.25) is 4.57 Å². The molecule has 2 rings (SSSR count). The molecular weight excluding hydrogens is 262 g/mol. The van der Waals surface area contributed by atoms with Crippen LogP contribution >= 0.6 is 0 Å². The maximum Gasteiger partial charge on any atom is 0.177 e. The lowest BCUT2D eigenvalue weighted by Gasteiger charge is -2.12. The van der Waals surface area contributed by atoms with Crippen LogP contribution in [0, 0.1) is 29.6 Å². The van der Waals surface area contributed by atoms with Gasteiger partial charge >= 0.3 is 0 Å². The van der Waals surface area contributed by atoms with Gasteiger partial charge in [-0.2, -0.15) is 10.5 Å². The number of aromatic nitrogens is 2. The molecule has 0 fully saturated rings. The molecule has 0 amide bonds. The van der Waals surface area contributed by atoms with Crippen LogP contribution in [0.1, 0.15) is 36.4 Å². The van der Waals surface area contributed by atoms with Crippen molar-refractivity contribution in [3.05, 3.63) is 47.0 Å². The molecule has 0 aliphatic carbocycles. The third-order valence-electron chi connectivity index (χ3n) is 3.21. The average Bonchev–Trinajstić information content (AvgIpc) is 2.87. The van der Waals surface area contributed by atoms with Gasteiger partial charge in [0, 0.05) is 12.6 Å². The second kappa shape index (κ2) is 6.21. The summed E-state index contributed by atoms with van der Waals surface area (Å²) in [7, 11) is 0. The third-order valence-corrected chi connectivity index (χ3v) is 3.21. The smallest absolute Gasteiger partial charge is 0.177 e. The van der Waals surface area contributed by atoms with Crippen LogP contribution in [0.5, 0.6) is 0 Å². The van der Waals surface area contributed by atoms with Crippen LogP contribution < -0.4 is 5.32 Å². The summed E-state index contributed by atoms with van der Waals surface area (Å²) in [5.41, 5.74) is 3.52. The summed E-state index contributed by atoms with van der Waals surface area (Å²) in [6, 6.07) is 10.5. The van der Waals surface area contributed by atoms with Gasteiger partial charge in [0.25, 0.3) is 0 Å². The zero-order valence-electron chi connectivity index (χ0n) is 12.4. The molecule has 1 aromatic heterocycles. The van der Waals surface area contributed by atoms with Crippen molar-refractivity contribution < 1.29 is 0 Å². The van der Waals surface area contributed by atoms with Crippen molar-refractivity contribution in [3.8, 4) is 17.8 Å². The first kappa shape index (κ1) is 14.8. The summed E-state index contributed by atoms with van der Waals surface area (Å²) in [6.07, 6.45) is 1.52. The topological polar surface area (TPSA) is 77.4 Å². The Hall–Kier alpha value is -2.63. The molecule has 0 radical (unpaired) electrons. The van der Waals surface area contributed by atoms with Crippen molar-refractivity contribution in [2.75, 3.05) is 0 Å². The van der Waals surface area contributed by atoms with Crippen molar-refractivity contribution in [1.82, 2.24) is 14.9 Å². The molecule has 0 atom stereocenters. The quantitative estimate of drug-likeness (QED) is 0.932. The Labute approximate surface area is 124 Å². The number of nitrogens with zero attached hydrogens (tertiary/aromatic N) is 4. The summed E-state index contributed by atoms with van der Waals surface area (Å²) in [6.45, 7) is 7.00. The number of nitriles is 2. The van der Waals surface area contributed by atoms with Gasteiger partial charge in [-0.05, 0) is 24.1 Å². The Bertz CT molecular complexity index is 728. The van der Waals surface area contributed by atoms with Crippen molar-refractivity contribution in [1.29, 1.82) is 10.5 Å². The van der Waals surface area contributed by atoms with E-state index >= 15 is 0 Å². The predicted octanol–water partition coefficient (Wildman–Crippen LogP) is 2.42. The van der Waals surface area contributed by atoms with Gasteiger partial charge in [0.15, 0.2) is 11.4 Å². The minimum atomic E-state index is 0.155. The van der Waals surface area contributed by atoms with E-state index < -0.39 is 0 Å². The zero-order valence-corrected chi connectivity index (χ0v) is 12.4. The first-order valence-electron chi connectivity index (χ1n) is 6.77. The van der Waals surface area contributed by atoms with E-state index in [0.717, 1.165) is 17.8 Å². The Morgan fingerprint density at radius 2 is 2.05 bits per heavy atom. The van der Waals surface area contributed by atoms with Crippen molar-refractivity contribution >= 4 is 0 Å². The molecule has 0 saturated heterocycles. The number of rotatable bonds is 4. The summed E-state index contributed by atoms with van der Waals surface area (Å²) in [5.74, 6) is 0. The minimum absolute atomic E-state index is 0.155. The highest BCUT2D eigenvalue weighted by Gasteiger charge is 2.13.